The molecule has 2 aromatic rings. The molecule has 0 saturated carbocycles. The van der Waals surface area contributed by atoms with Gasteiger partial charge in [-0.15, -0.1) is 0 Å². The van der Waals surface area contributed by atoms with E-state index in [1.807, 2.05) is 6.33 Å². The highest BCUT2D eigenvalue weighted by molar-refractivity contribution is 5.82. The normalized spacial score (nSPS) is 23.4. The number of nitrogens with one attached hydrogen (secondary N) is 1. The van der Waals surface area contributed by atoms with Gasteiger partial charge in [-0.1, -0.05) is 46.5 Å². The molecule has 3 atom stereocenters. The van der Waals surface area contributed by atoms with Crippen molar-refractivity contribution in [3.63, 3.8) is 0 Å². The zero-order chi connectivity index (χ0) is 17.6. The predicted octanol–water partition coefficient (Wildman–Crippen LogP) is 4.54. The first kappa shape index (κ1) is 18.1. The van der Waals surface area contributed by atoms with Crippen LogP contribution >= 0.6 is 0 Å². The third kappa shape index (κ3) is 4.11. The number of hydrogen-bond acceptors (Lipinski definition) is 5. The van der Waals surface area contributed by atoms with Crippen molar-refractivity contribution < 1.29 is 4.74 Å². The number of anilines is 1. The van der Waals surface area contributed by atoms with Crippen molar-refractivity contribution in [3.05, 3.63) is 12.7 Å². The molecule has 6 heteroatoms. The Balaban J connectivity index is 1.66. The lowest BCUT2D eigenvalue weighted by Gasteiger charge is -2.14. The van der Waals surface area contributed by atoms with Crippen molar-refractivity contribution in [3.8, 4) is 0 Å². The maximum absolute atomic E-state index is 6.19. The fourth-order valence-electron chi connectivity index (χ4n) is 3.67. The van der Waals surface area contributed by atoms with E-state index in [0.29, 0.717) is 12.0 Å². The van der Waals surface area contributed by atoms with E-state index in [-0.39, 0.29) is 6.23 Å². The second kappa shape index (κ2) is 8.61. The van der Waals surface area contributed by atoms with E-state index < -0.39 is 0 Å². The van der Waals surface area contributed by atoms with Gasteiger partial charge in [-0.05, 0) is 25.2 Å². The van der Waals surface area contributed by atoms with Gasteiger partial charge in [0.2, 0.25) is 0 Å². The quantitative estimate of drug-likeness (QED) is 0.676. The van der Waals surface area contributed by atoms with Gasteiger partial charge in [0.1, 0.15) is 12.6 Å². The summed E-state index contributed by atoms with van der Waals surface area (Å²) in [7, 11) is 0. The molecule has 0 aliphatic carbocycles. The third-order valence-corrected chi connectivity index (χ3v) is 5.18. The molecule has 6 nitrogen and oxygen atoms in total. The largest absolute Gasteiger partial charge is 0.368 e. The van der Waals surface area contributed by atoms with Crippen molar-refractivity contribution in [2.75, 3.05) is 11.9 Å². The Morgan fingerprint density at radius 2 is 2.00 bits per heavy atom. The molecule has 2 aromatic heterocycles. The summed E-state index contributed by atoms with van der Waals surface area (Å²) >= 11 is 0. The summed E-state index contributed by atoms with van der Waals surface area (Å²) in [6.45, 7) is 7.61. The number of hydrogen-bond donors (Lipinski definition) is 1. The van der Waals surface area contributed by atoms with Crippen LogP contribution in [-0.2, 0) is 4.74 Å². The van der Waals surface area contributed by atoms with E-state index in [2.05, 4.69) is 45.6 Å². The number of rotatable bonds is 9. The second-order valence-electron chi connectivity index (χ2n) is 7.14. The molecule has 3 rings (SSSR count). The average Bonchev–Trinajstić information content (AvgIpc) is 3.21. The van der Waals surface area contributed by atoms with Crippen LogP contribution in [0.3, 0.4) is 0 Å². The SMILES string of the molecule is CCCCCCCNc1ncnc2c1ncn2[C@H]1CC(C)[C@@H](CC)O1. The molecule has 1 aliphatic heterocycles. The van der Waals surface area contributed by atoms with Gasteiger partial charge in [0.25, 0.3) is 0 Å². The van der Waals surface area contributed by atoms with E-state index in [9.17, 15) is 0 Å². The zero-order valence-electron chi connectivity index (χ0n) is 15.7. The van der Waals surface area contributed by atoms with E-state index in [4.69, 9.17) is 4.74 Å². The number of fused-ring (bicyclic) bond motifs is 1. The first-order valence-corrected chi connectivity index (χ1v) is 9.81. The smallest absolute Gasteiger partial charge is 0.167 e. The number of unbranched alkanes of at least 4 members (excludes halogenated alkanes) is 4. The van der Waals surface area contributed by atoms with Crippen LogP contribution in [0.5, 0.6) is 0 Å². The Labute approximate surface area is 150 Å². The molecule has 1 saturated heterocycles. The van der Waals surface area contributed by atoms with Crippen molar-refractivity contribution >= 4 is 17.0 Å². The van der Waals surface area contributed by atoms with Crippen LogP contribution in [0.1, 0.15) is 71.9 Å². The van der Waals surface area contributed by atoms with Crippen LogP contribution in [0.15, 0.2) is 12.7 Å². The first-order valence-electron chi connectivity index (χ1n) is 9.81. The van der Waals surface area contributed by atoms with Crippen LogP contribution in [0, 0.1) is 5.92 Å². The van der Waals surface area contributed by atoms with Gasteiger partial charge in [0.15, 0.2) is 17.0 Å². The average molecular weight is 345 g/mol. The van der Waals surface area contributed by atoms with Gasteiger partial charge in [-0.3, -0.25) is 4.57 Å². The molecule has 0 aromatic carbocycles. The summed E-state index contributed by atoms with van der Waals surface area (Å²) in [4.78, 5) is 13.4. The fourth-order valence-corrected chi connectivity index (χ4v) is 3.67. The van der Waals surface area contributed by atoms with Crippen LogP contribution in [0.25, 0.3) is 11.2 Å². The Hall–Kier alpha value is -1.69. The van der Waals surface area contributed by atoms with Crippen molar-refractivity contribution in [1.82, 2.24) is 19.5 Å². The molecule has 3 heterocycles. The first-order chi connectivity index (χ1) is 12.2. The van der Waals surface area contributed by atoms with Gasteiger partial charge in [0.05, 0.1) is 12.4 Å². The van der Waals surface area contributed by atoms with Crippen LogP contribution < -0.4 is 5.32 Å². The Bertz CT molecular complexity index is 671. The van der Waals surface area contributed by atoms with E-state index in [0.717, 1.165) is 42.8 Å². The van der Waals surface area contributed by atoms with Gasteiger partial charge >= 0.3 is 0 Å². The Morgan fingerprint density at radius 3 is 2.76 bits per heavy atom. The van der Waals surface area contributed by atoms with Crippen LogP contribution in [-0.4, -0.2) is 32.2 Å². The van der Waals surface area contributed by atoms with Crippen molar-refractivity contribution in [2.24, 2.45) is 5.92 Å². The van der Waals surface area contributed by atoms with Gasteiger partial charge < -0.3 is 10.1 Å². The highest BCUT2D eigenvalue weighted by atomic mass is 16.5. The topological polar surface area (TPSA) is 64.9 Å². The van der Waals surface area contributed by atoms with E-state index in [1.54, 1.807) is 6.33 Å². The fraction of sp³-hybridized carbons (Fsp3) is 0.737. The monoisotopic (exact) mass is 345 g/mol. The molecule has 138 valence electrons. The van der Waals surface area contributed by atoms with Crippen LogP contribution in [0.2, 0.25) is 0 Å². The minimum absolute atomic E-state index is 0.0294. The van der Waals surface area contributed by atoms with Gasteiger partial charge in [0, 0.05) is 6.54 Å². The van der Waals surface area contributed by atoms with Gasteiger partial charge in [-0.2, -0.15) is 0 Å². The molecule has 1 unspecified atom stereocenters. The molecule has 1 N–H and O–H groups in total. The standard InChI is InChI=1S/C19H31N5O/c1-4-6-7-8-9-10-20-18-17-19(22-12-21-18)24(13-23-17)16-11-14(3)15(5-2)25-16/h12-16H,4-11H2,1-3H3,(H,20,21,22)/t14?,15-,16-/m1/s1. The molecular weight excluding hydrogens is 314 g/mol. The number of ether oxygens (including phenoxy) is 1. The molecule has 0 spiro atoms. The number of imidazole rings is 1. The lowest BCUT2D eigenvalue weighted by Crippen LogP contribution is -2.12. The third-order valence-electron chi connectivity index (χ3n) is 5.18. The predicted molar refractivity (Wildman–Crippen MR) is 101 cm³/mol. The van der Waals surface area contributed by atoms with Gasteiger partial charge in [-0.25, -0.2) is 15.0 Å². The summed E-state index contributed by atoms with van der Waals surface area (Å²) in [6.07, 6.45) is 12.2. The van der Waals surface area contributed by atoms with E-state index in [1.165, 1.54) is 25.7 Å². The van der Waals surface area contributed by atoms with Crippen LogP contribution in [0.4, 0.5) is 5.82 Å². The second-order valence-corrected chi connectivity index (χ2v) is 7.14. The minimum Gasteiger partial charge on any atom is -0.368 e. The number of nitrogens with zero attached hydrogens (tertiary/aromatic N) is 4. The van der Waals surface area contributed by atoms with Crippen molar-refractivity contribution in [1.29, 1.82) is 0 Å². The molecule has 0 bridgehead atoms. The lowest BCUT2D eigenvalue weighted by molar-refractivity contribution is -0.00304. The summed E-state index contributed by atoms with van der Waals surface area (Å²) in [6, 6.07) is 0. The highest BCUT2D eigenvalue weighted by Gasteiger charge is 2.33. The minimum atomic E-state index is 0.0294. The molecule has 0 radical (unpaired) electrons. The summed E-state index contributed by atoms with van der Waals surface area (Å²) in [5.74, 6) is 1.40. The molecular formula is C19H31N5O. The summed E-state index contributed by atoms with van der Waals surface area (Å²) in [5, 5.41) is 3.43. The summed E-state index contributed by atoms with van der Waals surface area (Å²) < 4.78 is 8.26. The maximum Gasteiger partial charge on any atom is 0.167 e. The highest BCUT2D eigenvalue weighted by Crippen LogP contribution is 2.36. The molecule has 1 fully saturated rings. The van der Waals surface area contributed by atoms with E-state index >= 15 is 0 Å². The maximum atomic E-state index is 6.19. The summed E-state index contributed by atoms with van der Waals surface area (Å²) in [5.41, 5.74) is 1.70. The number of aromatic nitrogens is 4. The molecule has 25 heavy (non-hydrogen) atoms. The zero-order valence-corrected chi connectivity index (χ0v) is 15.7. The Kier molecular flexibility index (Phi) is 6.24. The molecule has 0 amide bonds. The lowest BCUT2D eigenvalue weighted by atomic mass is 10.0. The Morgan fingerprint density at radius 1 is 1.16 bits per heavy atom. The molecule has 1 aliphatic rings. The van der Waals surface area contributed by atoms with Crippen molar-refractivity contribution in [2.45, 2.75) is 78.0 Å².